The molecule has 4 nitrogen and oxygen atoms in total. The number of nitrogens with zero attached hydrogens (tertiary/aromatic N) is 3. The van der Waals surface area contributed by atoms with Gasteiger partial charge in [-0.1, -0.05) is 0 Å². The first-order valence-corrected chi connectivity index (χ1v) is 4.06. The van der Waals surface area contributed by atoms with Crippen molar-refractivity contribution < 1.29 is 0 Å². The van der Waals surface area contributed by atoms with Crippen molar-refractivity contribution in [2.75, 3.05) is 0 Å². The number of hydrogen-bond donors (Lipinski definition) is 0. The molecular weight excluding hydrogens is 174 g/mol. The van der Waals surface area contributed by atoms with Crippen LogP contribution in [0.2, 0.25) is 0 Å². The van der Waals surface area contributed by atoms with Crippen LogP contribution in [0, 0.1) is 11.3 Å². The summed E-state index contributed by atoms with van der Waals surface area (Å²) in [4.78, 5) is 15.9. The summed E-state index contributed by atoms with van der Waals surface area (Å²) in [5, 5.41) is 10.3. The average Bonchev–Trinajstić information content (AvgIpc) is 2.53. The maximum atomic E-state index is 11.3. The van der Waals surface area contributed by atoms with Crippen LogP contribution in [-0.2, 0) is 0 Å². The summed E-state index contributed by atoms with van der Waals surface area (Å²) in [6.07, 6.45) is 2.91. The van der Waals surface area contributed by atoms with Gasteiger partial charge in [-0.2, -0.15) is 5.26 Å². The van der Waals surface area contributed by atoms with Gasteiger partial charge in [0.2, 0.25) is 0 Å². The molecule has 0 atom stereocenters. The number of fused-ring (bicyclic) bond motifs is 1. The Labute approximate surface area is 71.3 Å². The molecule has 0 saturated heterocycles. The fourth-order valence-corrected chi connectivity index (χ4v) is 1.58. The third-order valence-corrected chi connectivity index (χ3v) is 2.23. The predicted molar refractivity (Wildman–Crippen MR) is 44.1 cm³/mol. The maximum Gasteiger partial charge on any atom is 0.276 e. The molecule has 2 aromatic rings. The van der Waals surface area contributed by atoms with E-state index in [0.29, 0.717) is 4.96 Å². The minimum absolute atomic E-state index is 0.0749. The smallest absolute Gasteiger partial charge is 0.267 e. The Morgan fingerprint density at radius 3 is 3.25 bits per heavy atom. The Balaban J connectivity index is 3.00. The van der Waals surface area contributed by atoms with Crippen LogP contribution in [0.5, 0.6) is 0 Å². The number of aromatic nitrogens is 2. The second-order valence-corrected chi connectivity index (χ2v) is 3.02. The molecule has 0 bridgehead atoms. The van der Waals surface area contributed by atoms with Crippen molar-refractivity contribution >= 4 is 16.3 Å². The molecule has 0 radical (unpaired) electrons. The highest BCUT2D eigenvalue weighted by Gasteiger charge is 2.02. The molecule has 0 aliphatic rings. The quantitative estimate of drug-likeness (QED) is 0.593. The number of nitriles is 1. The van der Waals surface area contributed by atoms with E-state index < -0.39 is 0 Å². The SMILES string of the molecule is N#Cc1cnc2sccn2c1=O. The van der Waals surface area contributed by atoms with E-state index in [2.05, 4.69) is 4.98 Å². The van der Waals surface area contributed by atoms with Crippen LogP contribution < -0.4 is 5.56 Å². The zero-order chi connectivity index (χ0) is 8.55. The van der Waals surface area contributed by atoms with Crippen LogP contribution in [0.1, 0.15) is 5.56 Å². The molecule has 0 unspecified atom stereocenters. The van der Waals surface area contributed by atoms with E-state index in [1.54, 1.807) is 17.6 Å². The first kappa shape index (κ1) is 7.00. The second-order valence-electron chi connectivity index (χ2n) is 2.14. The van der Waals surface area contributed by atoms with Crippen LogP contribution in [0.4, 0.5) is 0 Å². The van der Waals surface area contributed by atoms with Gasteiger partial charge in [0.15, 0.2) is 4.96 Å². The van der Waals surface area contributed by atoms with Crippen molar-refractivity contribution in [1.82, 2.24) is 9.38 Å². The van der Waals surface area contributed by atoms with Crippen molar-refractivity contribution in [1.29, 1.82) is 5.26 Å². The Hall–Kier alpha value is -1.67. The lowest BCUT2D eigenvalue weighted by Crippen LogP contribution is -2.15. The molecule has 0 aliphatic carbocycles. The first-order chi connectivity index (χ1) is 5.83. The third-order valence-electron chi connectivity index (χ3n) is 1.46. The molecular formula is C7H3N3OS. The molecule has 58 valence electrons. The molecule has 0 N–H and O–H groups in total. The fraction of sp³-hybridized carbons (Fsp3) is 0. The Morgan fingerprint density at radius 1 is 1.67 bits per heavy atom. The molecule has 12 heavy (non-hydrogen) atoms. The van der Waals surface area contributed by atoms with Gasteiger partial charge in [0.1, 0.15) is 11.6 Å². The van der Waals surface area contributed by atoms with Gasteiger partial charge in [-0.15, -0.1) is 11.3 Å². The van der Waals surface area contributed by atoms with Crippen molar-refractivity contribution in [3.63, 3.8) is 0 Å². The lowest BCUT2D eigenvalue weighted by Gasteiger charge is -1.89. The van der Waals surface area contributed by atoms with Gasteiger partial charge >= 0.3 is 0 Å². The fourth-order valence-electron chi connectivity index (χ4n) is 0.901. The molecule has 0 aliphatic heterocycles. The van der Waals surface area contributed by atoms with E-state index in [0.717, 1.165) is 0 Å². The minimum atomic E-state index is -0.302. The summed E-state index contributed by atoms with van der Waals surface area (Å²) in [5.41, 5.74) is -0.227. The summed E-state index contributed by atoms with van der Waals surface area (Å²) in [6.45, 7) is 0. The van der Waals surface area contributed by atoms with Crippen molar-refractivity contribution in [3.8, 4) is 6.07 Å². The van der Waals surface area contributed by atoms with E-state index in [1.807, 2.05) is 0 Å². The van der Waals surface area contributed by atoms with E-state index in [4.69, 9.17) is 5.26 Å². The molecule has 0 amide bonds. The highest BCUT2D eigenvalue weighted by atomic mass is 32.1. The monoisotopic (exact) mass is 177 g/mol. The highest BCUT2D eigenvalue weighted by Crippen LogP contribution is 2.04. The zero-order valence-corrected chi connectivity index (χ0v) is 6.71. The first-order valence-electron chi connectivity index (χ1n) is 3.18. The van der Waals surface area contributed by atoms with Crippen molar-refractivity contribution in [2.45, 2.75) is 0 Å². The average molecular weight is 177 g/mol. The molecule has 5 heteroatoms. The summed E-state index contributed by atoms with van der Waals surface area (Å²) in [7, 11) is 0. The lowest BCUT2D eigenvalue weighted by atomic mass is 10.4. The summed E-state index contributed by atoms with van der Waals surface area (Å²) < 4.78 is 1.36. The van der Waals surface area contributed by atoms with Gasteiger partial charge in [0, 0.05) is 11.6 Å². The molecule has 0 saturated carbocycles. The number of hydrogen-bond acceptors (Lipinski definition) is 4. The van der Waals surface area contributed by atoms with E-state index in [1.165, 1.54) is 21.9 Å². The molecule has 0 spiro atoms. The van der Waals surface area contributed by atoms with Crippen molar-refractivity contribution in [3.05, 3.63) is 33.7 Å². The van der Waals surface area contributed by atoms with Crippen LogP contribution in [0.25, 0.3) is 4.96 Å². The van der Waals surface area contributed by atoms with Gasteiger partial charge < -0.3 is 0 Å². The standard InChI is InChI=1S/C7H3N3OS/c8-3-5-4-9-7-10(6(5)11)1-2-12-7/h1-2,4H. The van der Waals surface area contributed by atoms with E-state index >= 15 is 0 Å². The molecule has 0 aromatic carbocycles. The Morgan fingerprint density at radius 2 is 2.50 bits per heavy atom. The Bertz CT molecular complexity index is 519. The van der Waals surface area contributed by atoms with E-state index in [-0.39, 0.29) is 11.1 Å². The molecule has 2 rings (SSSR count). The van der Waals surface area contributed by atoms with Gasteiger partial charge in [-0.3, -0.25) is 9.20 Å². The number of thiazole rings is 1. The van der Waals surface area contributed by atoms with Crippen molar-refractivity contribution in [2.24, 2.45) is 0 Å². The largest absolute Gasteiger partial charge is 0.276 e. The van der Waals surface area contributed by atoms with Gasteiger partial charge in [-0.25, -0.2) is 4.98 Å². The second kappa shape index (κ2) is 2.43. The normalized spacial score (nSPS) is 9.92. The van der Waals surface area contributed by atoms with Crippen LogP contribution in [0.15, 0.2) is 22.6 Å². The molecule has 0 fully saturated rings. The Kier molecular flexibility index (Phi) is 1.42. The van der Waals surface area contributed by atoms with E-state index in [9.17, 15) is 4.79 Å². The van der Waals surface area contributed by atoms with Crippen LogP contribution in [0.3, 0.4) is 0 Å². The maximum absolute atomic E-state index is 11.3. The summed E-state index contributed by atoms with van der Waals surface area (Å²) in [6, 6.07) is 1.79. The number of rotatable bonds is 0. The zero-order valence-electron chi connectivity index (χ0n) is 5.89. The van der Waals surface area contributed by atoms with Gasteiger partial charge in [0.05, 0.1) is 6.20 Å². The lowest BCUT2D eigenvalue weighted by molar-refractivity contribution is 1.06. The molecule has 2 heterocycles. The highest BCUT2D eigenvalue weighted by molar-refractivity contribution is 7.15. The van der Waals surface area contributed by atoms with Gasteiger partial charge in [0.25, 0.3) is 5.56 Å². The topological polar surface area (TPSA) is 58.2 Å². The van der Waals surface area contributed by atoms with Crippen LogP contribution in [-0.4, -0.2) is 9.38 Å². The van der Waals surface area contributed by atoms with Gasteiger partial charge in [-0.05, 0) is 0 Å². The molecule has 2 aromatic heterocycles. The summed E-state index contributed by atoms with van der Waals surface area (Å²) >= 11 is 1.36. The third kappa shape index (κ3) is 0.822. The minimum Gasteiger partial charge on any atom is -0.267 e. The predicted octanol–water partition coefficient (Wildman–Crippen LogP) is 0.628. The van der Waals surface area contributed by atoms with Crippen LogP contribution >= 0.6 is 11.3 Å². The summed E-state index contributed by atoms with van der Waals surface area (Å²) in [5.74, 6) is 0.